The molecule has 0 bridgehead atoms. The zero-order chi connectivity index (χ0) is 23.4. The maximum Gasteiger partial charge on any atom is 0.253 e. The van der Waals surface area contributed by atoms with Crippen LogP contribution in [-0.4, -0.2) is 54.0 Å². The van der Waals surface area contributed by atoms with Gasteiger partial charge in [0.15, 0.2) is 0 Å². The van der Waals surface area contributed by atoms with Crippen LogP contribution in [0.1, 0.15) is 34.7 Å². The van der Waals surface area contributed by atoms with Crippen molar-refractivity contribution in [2.24, 2.45) is 5.92 Å². The normalized spacial score (nSPS) is 14.2. The van der Waals surface area contributed by atoms with Gasteiger partial charge in [0.05, 0.1) is 0 Å². The van der Waals surface area contributed by atoms with Gasteiger partial charge in [0, 0.05) is 63.4 Å². The van der Waals surface area contributed by atoms with Gasteiger partial charge in [-0.15, -0.1) is 0 Å². The number of hydrogen-bond acceptors (Lipinski definition) is 6. The van der Waals surface area contributed by atoms with E-state index in [4.69, 9.17) is 4.52 Å². The third-order valence-electron chi connectivity index (χ3n) is 5.99. The Bertz CT molecular complexity index is 1100. The first kappa shape index (κ1) is 22.5. The van der Waals surface area contributed by atoms with Crippen LogP contribution >= 0.6 is 0 Å². The molecule has 0 unspecified atom stereocenters. The van der Waals surface area contributed by atoms with Gasteiger partial charge in [0.1, 0.15) is 0 Å². The summed E-state index contributed by atoms with van der Waals surface area (Å²) in [7, 11) is 4.00. The molecule has 4 rings (SSSR count). The van der Waals surface area contributed by atoms with Crippen molar-refractivity contribution in [3.63, 3.8) is 0 Å². The zero-order valence-corrected chi connectivity index (χ0v) is 19.2. The third-order valence-corrected chi connectivity index (χ3v) is 5.99. The minimum absolute atomic E-state index is 0.0225. The lowest BCUT2D eigenvalue weighted by atomic mass is 9.95. The highest BCUT2D eigenvalue weighted by molar-refractivity contribution is 5.94. The molecule has 0 atom stereocenters. The number of hydrogen-bond donors (Lipinski definition) is 1. The predicted octanol–water partition coefficient (Wildman–Crippen LogP) is 3.28. The standard InChI is InChI=1S/C25H29N5O3/c1-17-27-23(28-33-17)19-6-8-21(9-7-19)25(32)30-14-12-20(13-15-30)24(31)26-16-18-4-10-22(11-5-18)29(2)3/h4-11,20H,12-16H2,1-3H3,(H,26,31). The first-order chi connectivity index (χ1) is 15.9. The second kappa shape index (κ2) is 9.85. The summed E-state index contributed by atoms with van der Waals surface area (Å²) in [5.41, 5.74) is 3.61. The van der Waals surface area contributed by atoms with E-state index >= 15 is 0 Å². The Morgan fingerprint density at radius 1 is 1.06 bits per heavy atom. The lowest BCUT2D eigenvalue weighted by Crippen LogP contribution is -2.42. The van der Waals surface area contributed by atoms with Crippen LogP contribution in [0, 0.1) is 12.8 Å². The van der Waals surface area contributed by atoms with Gasteiger partial charge in [-0.3, -0.25) is 9.59 Å². The van der Waals surface area contributed by atoms with E-state index in [1.807, 2.05) is 60.3 Å². The van der Waals surface area contributed by atoms with Crippen LogP contribution in [0.3, 0.4) is 0 Å². The molecule has 1 fully saturated rings. The first-order valence-corrected chi connectivity index (χ1v) is 11.1. The number of carbonyl (C=O) groups is 2. The molecule has 2 amide bonds. The van der Waals surface area contributed by atoms with Gasteiger partial charge in [0.25, 0.3) is 5.91 Å². The van der Waals surface area contributed by atoms with E-state index in [0.717, 1.165) is 16.8 Å². The maximum atomic E-state index is 12.9. The highest BCUT2D eigenvalue weighted by Gasteiger charge is 2.27. The van der Waals surface area contributed by atoms with Crippen molar-refractivity contribution in [3.05, 3.63) is 65.5 Å². The van der Waals surface area contributed by atoms with Gasteiger partial charge >= 0.3 is 0 Å². The molecule has 172 valence electrons. The van der Waals surface area contributed by atoms with E-state index in [2.05, 4.69) is 15.5 Å². The number of piperidine rings is 1. The molecule has 0 aliphatic carbocycles. The van der Waals surface area contributed by atoms with Crippen LogP contribution in [0.5, 0.6) is 0 Å². The Kier molecular flexibility index (Phi) is 6.72. The van der Waals surface area contributed by atoms with Crippen molar-refractivity contribution >= 4 is 17.5 Å². The highest BCUT2D eigenvalue weighted by atomic mass is 16.5. The Labute approximate surface area is 193 Å². The van der Waals surface area contributed by atoms with E-state index < -0.39 is 0 Å². The minimum Gasteiger partial charge on any atom is -0.378 e. The third kappa shape index (κ3) is 5.39. The Morgan fingerprint density at radius 2 is 1.73 bits per heavy atom. The van der Waals surface area contributed by atoms with Crippen LogP contribution in [0.2, 0.25) is 0 Å². The zero-order valence-electron chi connectivity index (χ0n) is 19.2. The number of rotatable bonds is 6. The number of benzene rings is 2. The molecule has 0 saturated carbocycles. The Hall–Kier alpha value is -3.68. The number of aryl methyl sites for hydroxylation is 1. The second-order valence-corrected chi connectivity index (χ2v) is 8.56. The molecule has 2 aromatic carbocycles. The summed E-state index contributed by atoms with van der Waals surface area (Å²) in [6, 6.07) is 15.4. The minimum atomic E-state index is -0.0704. The predicted molar refractivity (Wildman–Crippen MR) is 126 cm³/mol. The number of likely N-dealkylation sites (tertiary alicyclic amines) is 1. The molecule has 1 saturated heterocycles. The fourth-order valence-corrected chi connectivity index (χ4v) is 3.95. The maximum absolute atomic E-state index is 12.9. The van der Waals surface area contributed by atoms with Crippen molar-refractivity contribution in [2.45, 2.75) is 26.3 Å². The summed E-state index contributed by atoms with van der Waals surface area (Å²) in [4.78, 5) is 33.6. The molecule has 1 N–H and O–H groups in total. The molecule has 3 aromatic rings. The fraction of sp³-hybridized carbons (Fsp3) is 0.360. The average molecular weight is 448 g/mol. The lowest BCUT2D eigenvalue weighted by molar-refractivity contribution is -0.126. The molecular weight excluding hydrogens is 418 g/mol. The number of nitrogens with one attached hydrogen (secondary N) is 1. The lowest BCUT2D eigenvalue weighted by Gasteiger charge is -2.31. The molecule has 33 heavy (non-hydrogen) atoms. The molecule has 8 heteroatoms. The van der Waals surface area contributed by atoms with Gasteiger partial charge in [0.2, 0.25) is 17.6 Å². The number of aromatic nitrogens is 2. The summed E-state index contributed by atoms with van der Waals surface area (Å²) in [6.07, 6.45) is 1.33. The Morgan fingerprint density at radius 3 is 2.30 bits per heavy atom. The molecule has 8 nitrogen and oxygen atoms in total. The van der Waals surface area contributed by atoms with E-state index in [0.29, 0.717) is 49.8 Å². The summed E-state index contributed by atoms with van der Waals surface area (Å²) in [6.45, 7) is 3.39. The van der Waals surface area contributed by atoms with Gasteiger partial charge in [-0.2, -0.15) is 4.98 Å². The van der Waals surface area contributed by atoms with E-state index in [1.54, 1.807) is 19.1 Å². The number of amides is 2. The molecule has 1 aliphatic heterocycles. The largest absolute Gasteiger partial charge is 0.378 e. The van der Waals surface area contributed by atoms with E-state index in [-0.39, 0.29) is 17.7 Å². The highest BCUT2D eigenvalue weighted by Crippen LogP contribution is 2.22. The number of anilines is 1. The molecule has 1 aromatic heterocycles. The van der Waals surface area contributed by atoms with Gasteiger partial charge in [-0.1, -0.05) is 29.4 Å². The number of nitrogens with zero attached hydrogens (tertiary/aromatic N) is 4. The smallest absolute Gasteiger partial charge is 0.253 e. The fourth-order valence-electron chi connectivity index (χ4n) is 3.95. The van der Waals surface area contributed by atoms with Crippen molar-refractivity contribution < 1.29 is 14.1 Å². The molecule has 0 spiro atoms. The SMILES string of the molecule is Cc1nc(-c2ccc(C(=O)N3CCC(C(=O)NCc4ccc(N(C)C)cc4)CC3)cc2)no1. The first-order valence-electron chi connectivity index (χ1n) is 11.1. The summed E-state index contributed by atoms with van der Waals surface area (Å²) in [5.74, 6) is 0.967. The molecular formula is C25H29N5O3. The van der Waals surface area contributed by atoms with Crippen molar-refractivity contribution in [1.82, 2.24) is 20.4 Å². The van der Waals surface area contributed by atoms with Crippen LogP contribution in [0.4, 0.5) is 5.69 Å². The van der Waals surface area contributed by atoms with Crippen LogP contribution in [-0.2, 0) is 11.3 Å². The molecule has 1 aliphatic rings. The summed E-state index contributed by atoms with van der Waals surface area (Å²) < 4.78 is 5.01. The van der Waals surface area contributed by atoms with Crippen LogP contribution in [0.15, 0.2) is 53.1 Å². The van der Waals surface area contributed by atoms with Gasteiger partial charge < -0.3 is 19.6 Å². The topological polar surface area (TPSA) is 91.6 Å². The van der Waals surface area contributed by atoms with Crippen molar-refractivity contribution in [2.75, 3.05) is 32.1 Å². The van der Waals surface area contributed by atoms with Gasteiger partial charge in [-0.25, -0.2) is 0 Å². The van der Waals surface area contributed by atoms with E-state index in [1.165, 1.54) is 0 Å². The second-order valence-electron chi connectivity index (χ2n) is 8.56. The van der Waals surface area contributed by atoms with Crippen molar-refractivity contribution in [3.8, 4) is 11.4 Å². The summed E-state index contributed by atoms with van der Waals surface area (Å²) in [5, 5.41) is 6.94. The van der Waals surface area contributed by atoms with Crippen molar-refractivity contribution in [1.29, 1.82) is 0 Å². The number of carbonyl (C=O) groups excluding carboxylic acids is 2. The quantitative estimate of drug-likeness (QED) is 0.624. The molecule has 2 heterocycles. The van der Waals surface area contributed by atoms with E-state index in [9.17, 15) is 9.59 Å². The van der Waals surface area contributed by atoms with Crippen LogP contribution < -0.4 is 10.2 Å². The van der Waals surface area contributed by atoms with Crippen LogP contribution in [0.25, 0.3) is 11.4 Å². The molecule has 0 radical (unpaired) electrons. The summed E-state index contributed by atoms with van der Waals surface area (Å²) >= 11 is 0. The monoisotopic (exact) mass is 447 g/mol. The average Bonchev–Trinajstić information content (AvgIpc) is 3.28. The van der Waals surface area contributed by atoms with Gasteiger partial charge in [-0.05, 0) is 42.7 Å². The Balaban J connectivity index is 1.26.